The third-order valence-electron chi connectivity index (χ3n) is 16.7. The molecule has 0 bridgehead atoms. The van der Waals surface area contributed by atoms with E-state index < -0.39 is 0 Å². The van der Waals surface area contributed by atoms with Crippen LogP contribution in [0.15, 0.2) is 237 Å². The first-order chi connectivity index (χ1) is 40.4. The van der Waals surface area contributed by atoms with Gasteiger partial charge >= 0.3 is 0 Å². The maximum absolute atomic E-state index is 5.65. The zero-order chi connectivity index (χ0) is 55.6. The van der Waals surface area contributed by atoms with Crippen LogP contribution in [0.5, 0.6) is 17.2 Å². The van der Waals surface area contributed by atoms with Gasteiger partial charge < -0.3 is 14.2 Å². The Labute approximate surface area is 483 Å². The quantitative estimate of drug-likeness (QED) is 0.0559. The van der Waals surface area contributed by atoms with Crippen molar-refractivity contribution < 1.29 is 14.2 Å². The second-order valence-corrected chi connectivity index (χ2v) is 21.9. The van der Waals surface area contributed by atoms with Crippen molar-refractivity contribution in [1.29, 1.82) is 0 Å². The fourth-order valence-electron chi connectivity index (χ4n) is 12.3. The first kappa shape index (κ1) is 54.0. The first-order valence-corrected chi connectivity index (χ1v) is 28.9. The van der Waals surface area contributed by atoms with Crippen LogP contribution in [0.3, 0.4) is 0 Å². The smallest absolute Gasteiger partial charge is 0.118 e. The van der Waals surface area contributed by atoms with Gasteiger partial charge in [-0.2, -0.15) is 0 Å². The van der Waals surface area contributed by atoms with Gasteiger partial charge in [-0.25, -0.2) is 0 Å². The minimum atomic E-state index is 0.797. The normalized spacial score (nSPS) is 11.9. The van der Waals surface area contributed by atoms with E-state index in [0.29, 0.717) is 0 Å². The Bertz CT molecular complexity index is 3520. The van der Waals surface area contributed by atoms with Crippen LogP contribution in [0, 0.1) is 0 Å². The molecule has 12 rings (SSSR count). The Morgan fingerprint density at radius 2 is 0.439 bits per heavy atom. The molecule has 0 spiro atoms. The van der Waals surface area contributed by atoms with Crippen LogP contribution < -0.4 is 14.2 Å². The average Bonchev–Trinajstić information content (AvgIpc) is 3.63. The number of rotatable bonds is 24. The largest absolute Gasteiger partial charge is 0.497 e. The molecule has 0 unspecified atom stereocenters. The van der Waals surface area contributed by atoms with E-state index in [1.807, 2.05) is 0 Å². The monoisotopic (exact) mass is 1080 g/mol. The minimum absolute atomic E-state index is 0.797. The highest BCUT2D eigenvalue weighted by Gasteiger charge is 2.21. The molecule has 12 aromatic rings. The standard InChI is InChI=1S/C75H72N4O3/c1-80-64-34-28-55(29-35-64)49-77(52-73-67-22-10-4-16-58(67)46-59-17-5-11-23-68(59)73)43-40-76(41-44-78(50-56-30-36-65(81-2)37-31-56)53-74-69-24-12-6-18-60(69)47-61-19-7-13-25-70(61)74)42-45-79(51-57-32-38-66(82-3)39-33-57)54-75-71-26-14-8-20-62(71)48-63-21-9-15-27-72(63)75/h4-39,46-48H,40-45,49-54H2,1-3H3. The van der Waals surface area contributed by atoms with Crippen molar-refractivity contribution in [1.82, 2.24) is 19.6 Å². The number of fused-ring (bicyclic) bond motifs is 6. The molecule has 0 N–H and O–H groups in total. The molecular formula is C75H72N4O3. The van der Waals surface area contributed by atoms with Gasteiger partial charge in [0.15, 0.2) is 0 Å². The molecule has 0 aliphatic heterocycles. The van der Waals surface area contributed by atoms with Gasteiger partial charge in [0.1, 0.15) is 17.2 Å². The Balaban J connectivity index is 0.919. The van der Waals surface area contributed by atoms with Crippen LogP contribution in [-0.4, -0.2) is 80.2 Å². The van der Waals surface area contributed by atoms with Gasteiger partial charge in [0.05, 0.1) is 21.3 Å². The summed E-state index contributed by atoms with van der Waals surface area (Å²) < 4.78 is 17.0. The van der Waals surface area contributed by atoms with E-state index in [1.54, 1.807) is 21.3 Å². The second-order valence-electron chi connectivity index (χ2n) is 21.9. The zero-order valence-electron chi connectivity index (χ0n) is 47.5. The van der Waals surface area contributed by atoms with Crippen LogP contribution in [0.4, 0.5) is 0 Å². The fraction of sp³-hybridized carbons (Fsp3) is 0.200. The zero-order valence-corrected chi connectivity index (χ0v) is 47.5. The van der Waals surface area contributed by atoms with E-state index in [2.05, 4.69) is 256 Å². The van der Waals surface area contributed by atoms with Crippen molar-refractivity contribution >= 4 is 64.6 Å². The molecule has 410 valence electrons. The molecule has 12 aromatic carbocycles. The lowest BCUT2D eigenvalue weighted by Crippen LogP contribution is -2.42. The van der Waals surface area contributed by atoms with Gasteiger partial charge in [0.25, 0.3) is 0 Å². The molecule has 0 saturated carbocycles. The SMILES string of the molecule is COc1ccc(CN(CCN(CCN(Cc2ccc(OC)cc2)Cc2c3ccccc3cc3ccccc23)CCN(Cc2ccc(OC)cc2)Cc2c3ccccc3cc3ccccc23)Cc2c3ccccc3cc3ccccc23)cc1. The van der Waals surface area contributed by atoms with E-state index in [4.69, 9.17) is 14.2 Å². The Morgan fingerprint density at radius 1 is 0.232 bits per heavy atom. The second kappa shape index (κ2) is 25.5. The minimum Gasteiger partial charge on any atom is -0.497 e. The Morgan fingerprint density at radius 3 is 0.659 bits per heavy atom. The molecule has 0 fully saturated rings. The van der Waals surface area contributed by atoms with Crippen LogP contribution in [-0.2, 0) is 39.3 Å². The van der Waals surface area contributed by atoms with Gasteiger partial charge in [-0.1, -0.05) is 182 Å². The summed E-state index contributed by atoms with van der Waals surface area (Å²) in [4.78, 5) is 10.8. The van der Waals surface area contributed by atoms with Crippen LogP contribution in [0.2, 0.25) is 0 Å². The maximum Gasteiger partial charge on any atom is 0.118 e. The highest BCUT2D eigenvalue weighted by molar-refractivity contribution is 6.04. The number of methoxy groups -OCH3 is 3. The predicted octanol–water partition coefficient (Wildman–Crippen LogP) is 16.3. The molecule has 0 radical (unpaired) electrons. The topological polar surface area (TPSA) is 40.7 Å². The molecule has 0 heterocycles. The Kier molecular flexibility index (Phi) is 16.8. The maximum atomic E-state index is 5.65. The summed E-state index contributed by atoms with van der Waals surface area (Å²) in [5.41, 5.74) is 7.90. The van der Waals surface area contributed by atoms with E-state index in [-0.39, 0.29) is 0 Å². The summed E-state index contributed by atoms with van der Waals surface area (Å²) in [6.07, 6.45) is 0. The van der Waals surface area contributed by atoms with Gasteiger partial charge in [-0.15, -0.1) is 0 Å². The molecule has 82 heavy (non-hydrogen) atoms. The Hall–Kier alpha value is -8.56. The van der Waals surface area contributed by atoms with E-state index in [1.165, 1.54) is 98.0 Å². The first-order valence-electron chi connectivity index (χ1n) is 28.9. The lowest BCUT2D eigenvalue weighted by atomic mass is 9.96. The van der Waals surface area contributed by atoms with E-state index in [9.17, 15) is 0 Å². The highest BCUT2D eigenvalue weighted by atomic mass is 16.5. The number of nitrogens with zero attached hydrogens (tertiary/aromatic N) is 4. The molecule has 0 aliphatic rings. The van der Waals surface area contributed by atoms with Crippen molar-refractivity contribution in [3.63, 3.8) is 0 Å². The van der Waals surface area contributed by atoms with Crippen LogP contribution >= 0.6 is 0 Å². The number of benzene rings is 12. The predicted molar refractivity (Wildman–Crippen MR) is 342 cm³/mol. The van der Waals surface area contributed by atoms with Crippen molar-refractivity contribution in [2.45, 2.75) is 39.3 Å². The molecule has 7 nitrogen and oxygen atoms in total. The third kappa shape index (κ3) is 12.5. The summed E-state index contributed by atoms with van der Waals surface area (Å²) in [6.45, 7) is 10.0. The number of hydrogen-bond donors (Lipinski definition) is 0. The number of hydrogen-bond acceptors (Lipinski definition) is 7. The van der Waals surface area contributed by atoms with Gasteiger partial charge in [-0.05, 0) is 153 Å². The van der Waals surface area contributed by atoms with Crippen molar-refractivity contribution in [3.8, 4) is 17.2 Å². The fourth-order valence-corrected chi connectivity index (χ4v) is 12.3. The van der Waals surface area contributed by atoms with Crippen molar-refractivity contribution in [2.24, 2.45) is 0 Å². The molecule has 0 saturated heterocycles. The summed E-state index contributed by atoms with van der Waals surface area (Å²) in [5, 5.41) is 15.5. The lowest BCUT2D eigenvalue weighted by Gasteiger charge is -2.33. The molecule has 0 amide bonds. The average molecular weight is 1080 g/mol. The van der Waals surface area contributed by atoms with Crippen LogP contribution in [0.25, 0.3) is 64.6 Å². The highest BCUT2D eigenvalue weighted by Crippen LogP contribution is 2.34. The summed E-state index contributed by atoms with van der Waals surface area (Å²) >= 11 is 0. The lowest BCUT2D eigenvalue weighted by molar-refractivity contribution is 0.143. The number of ether oxygens (including phenoxy) is 3. The summed E-state index contributed by atoms with van der Waals surface area (Å²) in [5.74, 6) is 2.61. The van der Waals surface area contributed by atoms with Crippen molar-refractivity contribution in [3.05, 3.63) is 270 Å². The third-order valence-corrected chi connectivity index (χ3v) is 16.7. The van der Waals surface area contributed by atoms with Crippen molar-refractivity contribution in [2.75, 3.05) is 60.6 Å². The van der Waals surface area contributed by atoms with E-state index >= 15 is 0 Å². The van der Waals surface area contributed by atoms with E-state index in [0.717, 1.165) is 95.8 Å². The molecule has 0 aromatic heterocycles. The van der Waals surface area contributed by atoms with Gasteiger partial charge in [-0.3, -0.25) is 19.6 Å². The summed E-state index contributed by atoms with van der Waals surface area (Å²) in [7, 11) is 5.23. The molecule has 0 aliphatic carbocycles. The molecule has 7 heteroatoms. The van der Waals surface area contributed by atoms with Gasteiger partial charge in [0, 0.05) is 78.5 Å². The van der Waals surface area contributed by atoms with Gasteiger partial charge in [0.2, 0.25) is 0 Å². The molecular weight excluding hydrogens is 1000 g/mol. The molecule has 0 atom stereocenters. The summed E-state index contributed by atoms with van der Waals surface area (Å²) in [6, 6.07) is 86.5. The van der Waals surface area contributed by atoms with Crippen LogP contribution in [0.1, 0.15) is 33.4 Å².